The first-order valence-corrected chi connectivity index (χ1v) is 6.09. The van der Waals surface area contributed by atoms with Crippen LogP contribution in [0.2, 0.25) is 0 Å². The molecule has 1 amide bonds. The molecule has 0 bridgehead atoms. The summed E-state index contributed by atoms with van der Waals surface area (Å²) in [6, 6.07) is 7.52. The van der Waals surface area contributed by atoms with Crippen LogP contribution in [0.3, 0.4) is 0 Å². The van der Waals surface area contributed by atoms with Crippen LogP contribution in [-0.4, -0.2) is 11.7 Å². The molecule has 1 N–H and O–H groups in total. The summed E-state index contributed by atoms with van der Waals surface area (Å²) >= 11 is 1.39. The van der Waals surface area contributed by atoms with Gasteiger partial charge in [-0.15, -0.1) is 11.3 Å². The molecule has 1 aromatic heterocycles. The van der Waals surface area contributed by atoms with E-state index < -0.39 is 0 Å². The maximum atomic E-state index is 12.2. The molecule has 3 nitrogen and oxygen atoms in total. The topological polar surface area (TPSA) is 46.2 Å². The van der Waals surface area contributed by atoms with Crippen LogP contribution in [0, 0.1) is 0 Å². The zero-order valence-corrected chi connectivity index (χ0v) is 9.93. The monoisotopic (exact) mass is 243 g/mol. The standard InChI is InChI=1S/C13H9NO2S/c1-7(15)14-13-11-10(6-17-13)8-4-2-3-5-9(8)12(11)16/h2-6H,1H3,(H,14,15). The normalized spacial score (nSPS) is 12.2. The summed E-state index contributed by atoms with van der Waals surface area (Å²) in [6.07, 6.45) is 0. The summed E-state index contributed by atoms with van der Waals surface area (Å²) in [5.41, 5.74) is 3.24. The largest absolute Gasteiger partial charge is 0.317 e. The molecule has 0 fully saturated rings. The Bertz CT molecular complexity index is 643. The van der Waals surface area contributed by atoms with Crippen molar-refractivity contribution in [1.82, 2.24) is 0 Å². The third-order valence-electron chi connectivity index (χ3n) is 2.77. The Hall–Kier alpha value is -1.94. The van der Waals surface area contributed by atoms with Gasteiger partial charge in [-0.2, -0.15) is 0 Å². The molecule has 1 heterocycles. The molecular weight excluding hydrogens is 234 g/mol. The first kappa shape index (κ1) is 10.2. The highest BCUT2D eigenvalue weighted by Gasteiger charge is 2.30. The molecule has 3 rings (SSSR count). The first-order valence-electron chi connectivity index (χ1n) is 5.21. The van der Waals surface area contributed by atoms with E-state index >= 15 is 0 Å². The number of benzene rings is 1. The van der Waals surface area contributed by atoms with Crippen molar-refractivity contribution in [2.45, 2.75) is 6.92 Å². The fourth-order valence-corrected chi connectivity index (χ4v) is 3.09. The van der Waals surface area contributed by atoms with E-state index in [1.807, 2.05) is 29.6 Å². The van der Waals surface area contributed by atoms with E-state index in [1.54, 1.807) is 0 Å². The maximum absolute atomic E-state index is 12.2. The van der Waals surface area contributed by atoms with Gasteiger partial charge in [0.1, 0.15) is 5.00 Å². The van der Waals surface area contributed by atoms with Gasteiger partial charge in [-0.1, -0.05) is 24.3 Å². The van der Waals surface area contributed by atoms with Crippen LogP contribution in [0.5, 0.6) is 0 Å². The summed E-state index contributed by atoms with van der Waals surface area (Å²) < 4.78 is 0. The predicted molar refractivity (Wildman–Crippen MR) is 67.5 cm³/mol. The predicted octanol–water partition coefficient (Wildman–Crippen LogP) is 2.92. The number of fused-ring (bicyclic) bond motifs is 3. The minimum absolute atomic E-state index is 0.000556. The molecule has 0 radical (unpaired) electrons. The van der Waals surface area contributed by atoms with Gasteiger partial charge < -0.3 is 5.32 Å². The molecule has 0 unspecified atom stereocenters. The Morgan fingerprint density at radius 1 is 1.18 bits per heavy atom. The SMILES string of the molecule is CC(=O)Nc1scc2c1C(=O)c1ccccc1-2. The highest BCUT2D eigenvalue weighted by atomic mass is 32.1. The molecular formula is C13H9NO2S. The number of rotatable bonds is 1. The number of carbonyl (C=O) groups is 2. The maximum Gasteiger partial charge on any atom is 0.221 e. The van der Waals surface area contributed by atoms with Gasteiger partial charge in [-0.25, -0.2) is 0 Å². The Labute approximate surface area is 102 Å². The molecule has 0 saturated heterocycles. The molecule has 0 saturated carbocycles. The quantitative estimate of drug-likeness (QED) is 0.714. The molecule has 0 spiro atoms. The number of hydrogen-bond acceptors (Lipinski definition) is 3. The van der Waals surface area contributed by atoms with Gasteiger partial charge in [-0.05, 0) is 5.56 Å². The van der Waals surface area contributed by atoms with Crippen LogP contribution in [0.25, 0.3) is 11.1 Å². The number of ketones is 1. The van der Waals surface area contributed by atoms with Gasteiger partial charge in [-0.3, -0.25) is 9.59 Å². The number of thiophene rings is 1. The smallest absolute Gasteiger partial charge is 0.221 e. The molecule has 1 aliphatic carbocycles. The first-order chi connectivity index (χ1) is 8.18. The highest BCUT2D eigenvalue weighted by molar-refractivity contribution is 7.15. The van der Waals surface area contributed by atoms with Crippen molar-refractivity contribution in [1.29, 1.82) is 0 Å². The van der Waals surface area contributed by atoms with Crippen LogP contribution in [0.4, 0.5) is 5.00 Å². The van der Waals surface area contributed by atoms with E-state index in [0.29, 0.717) is 10.6 Å². The Morgan fingerprint density at radius 3 is 2.59 bits per heavy atom. The molecule has 17 heavy (non-hydrogen) atoms. The molecule has 0 aliphatic heterocycles. The lowest BCUT2D eigenvalue weighted by Crippen LogP contribution is -2.07. The summed E-state index contributed by atoms with van der Waals surface area (Å²) in [5.74, 6) is -0.154. The van der Waals surface area contributed by atoms with E-state index in [2.05, 4.69) is 5.32 Å². The minimum Gasteiger partial charge on any atom is -0.317 e. The number of anilines is 1. The van der Waals surface area contributed by atoms with Gasteiger partial charge in [0, 0.05) is 23.4 Å². The van der Waals surface area contributed by atoms with Crippen molar-refractivity contribution in [2.75, 3.05) is 5.32 Å². The van der Waals surface area contributed by atoms with Crippen LogP contribution in [-0.2, 0) is 4.79 Å². The van der Waals surface area contributed by atoms with E-state index in [-0.39, 0.29) is 11.7 Å². The third kappa shape index (κ3) is 1.41. The zero-order valence-electron chi connectivity index (χ0n) is 9.11. The van der Waals surface area contributed by atoms with Crippen molar-refractivity contribution in [3.8, 4) is 11.1 Å². The third-order valence-corrected chi connectivity index (χ3v) is 3.66. The second kappa shape index (κ2) is 3.53. The molecule has 1 aromatic carbocycles. The average Bonchev–Trinajstić information content (AvgIpc) is 2.81. The fourth-order valence-electron chi connectivity index (χ4n) is 2.08. The minimum atomic E-state index is -0.154. The van der Waals surface area contributed by atoms with E-state index in [9.17, 15) is 9.59 Å². The van der Waals surface area contributed by atoms with E-state index in [0.717, 1.165) is 16.7 Å². The van der Waals surface area contributed by atoms with Crippen molar-refractivity contribution in [3.05, 3.63) is 40.8 Å². The zero-order chi connectivity index (χ0) is 12.0. The lowest BCUT2D eigenvalue weighted by atomic mass is 10.1. The number of carbonyl (C=O) groups excluding carboxylic acids is 2. The summed E-state index contributed by atoms with van der Waals surface area (Å²) in [5, 5.41) is 5.28. The van der Waals surface area contributed by atoms with Gasteiger partial charge in [0.2, 0.25) is 5.91 Å². The van der Waals surface area contributed by atoms with Crippen molar-refractivity contribution >= 4 is 28.0 Å². The van der Waals surface area contributed by atoms with Crippen molar-refractivity contribution < 1.29 is 9.59 Å². The van der Waals surface area contributed by atoms with Gasteiger partial charge in [0.15, 0.2) is 5.78 Å². The molecule has 1 aliphatic rings. The Balaban J connectivity index is 2.19. The Morgan fingerprint density at radius 2 is 1.88 bits per heavy atom. The van der Waals surface area contributed by atoms with Crippen molar-refractivity contribution in [3.63, 3.8) is 0 Å². The summed E-state index contributed by atoms with van der Waals surface area (Å²) in [6.45, 7) is 1.44. The van der Waals surface area contributed by atoms with Crippen LogP contribution >= 0.6 is 11.3 Å². The average molecular weight is 243 g/mol. The lowest BCUT2D eigenvalue weighted by Gasteiger charge is -1.99. The Kier molecular flexibility index (Phi) is 2.12. The molecule has 4 heteroatoms. The van der Waals surface area contributed by atoms with Gasteiger partial charge >= 0.3 is 0 Å². The molecule has 84 valence electrons. The lowest BCUT2D eigenvalue weighted by molar-refractivity contribution is -0.114. The van der Waals surface area contributed by atoms with Crippen LogP contribution in [0.1, 0.15) is 22.8 Å². The van der Waals surface area contributed by atoms with Crippen LogP contribution in [0.15, 0.2) is 29.6 Å². The summed E-state index contributed by atoms with van der Waals surface area (Å²) in [7, 11) is 0. The fraction of sp³-hybridized carbons (Fsp3) is 0.0769. The van der Waals surface area contributed by atoms with E-state index in [1.165, 1.54) is 18.3 Å². The number of nitrogens with one attached hydrogen (secondary N) is 1. The molecule has 0 atom stereocenters. The van der Waals surface area contributed by atoms with Gasteiger partial charge in [0.25, 0.3) is 0 Å². The van der Waals surface area contributed by atoms with E-state index in [4.69, 9.17) is 0 Å². The van der Waals surface area contributed by atoms with Gasteiger partial charge in [0.05, 0.1) is 5.56 Å². The van der Waals surface area contributed by atoms with Crippen molar-refractivity contribution in [2.24, 2.45) is 0 Å². The van der Waals surface area contributed by atoms with Crippen LogP contribution < -0.4 is 5.32 Å². The molecule has 2 aromatic rings. The second-order valence-electron chi connectivity index (χ2n) is 3.91. The number of hydrogen-bond donors (Lipinski definition) is 1. The second-order valence-corrected chi connectivity index (χ2v) is 4.79. The number of amides is 1. The highest BCUT2D eigenvalue weighted by Crippen LogP contribution is 2.43. The summed E-state index contributed by atoms with van der Waals surface area (Å²) in [4.78, 5) is 23.3.